The lowest BCUT2D eigenvalue weighted by Crippen LogP contribution is -2.31. The van der Waals surface area contributed by atoms with Gasteiger partial charge in [0.1, 0.15) is 5.82 Å². The summed E-state index contributed by atoms with van der Waals surface area (Å²) in [5.74, 6) is 2.01. The number of rotatable bonds is 6. The van der Waals surface area contributed by atoms with Crippen molar-refractivity contribution in [2.75, 3.05) is 11.5 Å². The first kappa shape index (κ1) is 15.0. The molecule has 1 nitrogen and oxygen atoms in total. The molecule has 1 aromatic carbocycles. The average molecular weight is 320 g/mol. The fourth-order valence-corrected chi connectivity index (χ4v) is 2.73. The summed E-state index contributed by atoms with van der Waals surface area (Å²) in [6, 6.07) is 5.64. The van der Waals surface area contributed by atoms with Gasteiger partial charge in [0.05, 0.1) is 0 Å². The van der Waals surface area contributed by atoms with Gasteiger partial charge in [0, 0.05) is 27.9 Å². The van der Waals surface area contributed by atoms with Crippen LogP contribution in [0.4, 0.5) is 4.39 Å². The highest BCUT2D eigenvalue weighted by atomic mass is 79.9. The van der Waals surface area contributed by atoms with Crippen molar-refractivity contribution in [3.63, 3.8) is 0 Å². The summed E-state index contributed by atoms with van der Waals surface area (Å²) in [5, 5.41) is 3.42. The van der Waals surface area contributed by atoms with Gasteiger partial charge in [-0.3, -0.25) is 0 Å². The van der Waals surface area contributed by atoms with Gasteiger partial charge in [0.25, 0.3) is 0 Å². The van der Waals surface area contributed by atoms with Crippen LogP contribution in [0.5, 0.6) is 0 Å². The van der Waals surface area contributed by atoms with Crippen molar-refractivity contribution in [2.24, 2.45) is 0 Å². The largest absolute Gasteiger partial charge is 0.307 e. The monoisotopic (exact) mass is 319 g/mol. The third-order valence-corrected chi connectivity index (χ3v) is 4.17. The Hall–Kier alpha value is -0.0600. The molecule has 0 heterocycles. The molecule has 0 aliphatic heterocycles. The predicted molar refractivity (Wildman–Crippen MR) is 78.1 cm³/mol. The Morgan fingerprint density at radius 2 is 2.12 bits per heavy atom. The van der Waals surface area contributed by atoms with Crippen molar-refractivity contribution in [1.29, 1.82) is 0 Å². The van der Waals surface area contributed by atoms with E-state index in [1.165, 1.54) is 6.07 Å². The standard InChI is InChI=1S/C13H19BrFNS/c1-4-17-8-9(2)16-10(3)12-6-5-11(14)7-13(12)15/h5-7,9-10,16H,4,8H2,1-3H3. The minimum absolute atomic E-state index is 0.0376. The van der Waals surface area contributed by atoms with Gasteiger partial charge in [-0.1, -0.05) is 28.9 Å². The average Bonchev–Trinajstić information content (AvgIpc) is 2.26. The highest BCUT2D eigenvalue weighted by Crippen LogP contribution is 2.21. The zero-order chi connectivity index (χ0) is 12.8. The minimum atomic E-state index is -0.158. The van der Waals surface area contributed by atoms with Crippen molar-refractivity contribution >= 4 is 27.7 Å². The van der Waals surface area contributed by atoms with Crippen molar-refractivity contribution in [3.8, 4) is 0 Å². The highest BCUT2D eigenvalue weighted by Gasteiger charge is 2.13. The normalized spacial score (nSPS) is 14.6. The summed E-state index contributed by atoms with van der Waals surface area (Å²) in [7, 11) is 0. The first-order valence-corrected chi connectivity index (χ1v) is 7.78. The van der Waals surface area contributed by atoms with Crippen LogP contribution in [0, 0.1) is 5.82 Å². The van der Waals surface area contributed by atoms with E-state index in [1.807, 2.05) is 30.8 Å². The first-order chi connectivity index (χ1) is 8.04. The molecule has 17 heavy (non-hydrogen) atoms. The summed E-state index contributed by atoms with van der Waals surface area (Å²) in [6.07, 6.45) is 0. The summed E-state index contributed by atoms with van der Waals surface area (Å²) in [4.78, 5) is 0. The maximum Gasteiger partial charge on any atom is 0.129 e. The van der Waals surface area contributed by atoms with Crippen LogP contribution in [0.15, 0.2) is 22.7 Å². The number of hydrogen-bond acceptors (Lipinski definition) is 2. The number of nitrogens with one attached hydrogen (secondary N) is 1. The lowest BCUT2D eigenvalue weighted by molar-refractivity contribution is 0.487. The van der Waals surface area contributed by atoms with Crippen LogP contribution in [0.2, 0.25) is 0 Å². The molecule has 0 radical (unpaired) electrons. The molecular weight excluding hydrogens is 301 g/mol. The minimum Gasteiger partial charge on any atom is -0.307 e. The molecule has 0 aromatic heterocycles. The van der Waals surface area contributed by atoms with Crippen LogP contribution in [-0.4, -0.2) is 17.5 Å². The fourth-order valence-electron chi connectivity index (χ4n) is 1.71. The van der Waals surface area contributed by atoms with Crippen LogP contribution in [0.3, 0.4) is 0 Å². The number of benzene rings is 1. The smallest absolute Gasteiger partial charge is 0.129 e. The molecule has 1 aromatic rings. The van der Waals surface area contributed by atoms with Crippen molar-refractivity contribution in [2.45, 2.75) is 32.9 Å². The fraction of sp³-hybridized carbons (Fsp3) is 0.538. The Morgan fingerprint density at radius 3 is 2.71 bits per heavy atom. The summed E-state index contributed by atoms with van der Waals surface area (Å²) in [6.45, 7) is 6.28. The van der Waals surface area contributed by atoms with Crippen molar-refractivity contribution in [3.05, 3.63) is 34.1 Å². The molecule has 0 aliphatic carbocycles. The van der Waals surface area contributed by atoms with E-state index in [-0.39, 0.29) is 11.9 Å². The highest BCUT2D eigenvalue weighted by molar-refractivity contribution is 9.10. The van der Waals surface area contributed by atoms with E-state index < -0.39 is 0 Å². The SMILES string of the molecule is CCSCC(C)NC(C)c1ccc(Br)cc1F. The molecule has 1 rings (SSSR count). The lowest BCUT2D eigenvalue weighted by Gasteiger charge is -2.20. The lowest BCUT2D eigenvalue weighted by atomic mass is 10.1. The van der Waals surface area contributed by atoms with Crippen molar-refractivity contribution < 1.29 is 4.39 Å². The molecule has 4 heteroatoms. The van der Waals surface area contributed by atoms with E-state index >= 15 is 0 Å². The Morgan fingerprint density at radius 1 is 1.41 bits per heavy atom. The van der Waals surface area contributed by atoms with Gasteiger partial charge in [-0.15, -0.1) is 0 Å². The van der Waals surface area contributed by atoms with Gasteiger partial charge in [0.2, 0.25) is 0 Å². The molecule has 0 amide bonds. The molecule has 0 spiro atoms. The molecule has 0 bridgehead atoms. The second kappa shape index (κ2) is 7.39. The van der Waals surface area contributed by atoms with E-state index in [4.69, 9.17) is 0 Å². The van der Waals surface area contributed by atoms with E-state index in [0.717, 1.165) is 21.5 Å². The molecule has 0 aliphatic rings. The number of thioether (sulfide) groups is 1. The van der Waals surface area contributed by atoms with Crippen LogP contribution in [-0.2, 0) is 0 Å². The predicted octanol–water partition coefficient (Wildman–Crippen LogP) is 4.38. The first-order valence-electron chi connectivity index (χ1n) is 5.83. The third kappa shape index (κ3) is 4.98. The van der Waals surface area contributed by atoms with Gasteiger partial charge in [-0.2, -0.15) is 11.8 Å². The zero-order valence-corrected chi connectivity index (χ0v) is 12.9. The van der Waals surface area contributed by atoms with E-state index in [9.17, 15) is 4.39 Å². The van der Waals surface area contributed by atoms with Crippen LogP contribution in [0.1, 0.15) is 32.4 Å². The van der Waals surface area contributed by atoms with E-state index in [1.54, 1.807) is 0 Å². The summed E-state index contributed by atoms with van der Waals surface area (Å²) in [5.41, 5.74) is 0.724. The molecule has 2 unspecified atom stereocenters. The summed E-state index contributed by atoms with van der Waals surface area (Å²) >= 11 is 5.16. The molecule has 0 saturated heterocycles. The van der Waals surface area contributed by atoms with Crippen LogP contribution < -0.4 is 5.32 Å². The second-order valence-corrected chi connectivity index (χ2v) is 6.35. The summed E-state index contributed by atoms with van der Waals surface area (Å²) < 4.78 is 14.5. The molecule has 0 fully saturated rings. The van der Waals surface area contributed by atoms with Gasteiger partial charge < -0.3 is 5.32 Å². The van der Waals surface area contributed by atoms with E-state index in [0.29, 0.717) is 6.04 Å². The van der Waals surface area contributed by atoms with Gasteiger partial charge in [0.15, 0.2) is 0 Å². The topological polar surface area (TPSA) is 12.0 Å². The molecule has 96 valence electrons. The molecule has 2 atom stereocenters. The van der Waals surface area contributed by atoms with Crippen LogP contribution >= 0.6 is 27.7 Å². The van der Waals surface area contributed by atoms with Gasteiger partial charge in [-0.05, 0) is 31.7 Å². The number of hydrogen-bond donors (Lipinski definition) is 1. The molecule has 1 N–H and O–H groups in total. The van der Waals surface area contributed by atoms with E-state index in [2.05, 4.69) is 35.1 Å². The Bertz CT molecular complexity index is 359. The number of halogens is 2. The zero-order valence-electron chi connectivity index (χ0n) is 10.5. The Balaban J connectivity index is 2.60. The molecule has 0 saturated carbocycles. The van der Waals surface area contributed by atoms with Gasteiger partial charge in [-0.25, -0.2) is 4.39 Å². The Kier molecular flexibility index (Phi) is 6.52. The van der Waals surface area contributed by atoms with Crippen LogP contribution in [0.25, 0.3) is 0 Å². The Labute approximate surface area is 116 Å². The maximum absolute atomic E-state index is 13.7. The second-order valence-electron chi connectivity index (χ2n) is 4.11. The van der Waals surface area contributed by atoms with Crippen molar-refractivity contribution in [1.82, 2.24) is 5.32 Å². The maximum atomic E-state index is 13.7. The quantitative estimate of drug-likeness (QED) is 0.835. The third-order valence-electron chi connectivity index (χ3n) is 2.54. The van der Waals surface area contributed by atoms with Gasteiger partial charge >= 0.3 is 0 Å². The molecular formula is C13H19BrFNS.